The molecule has 3 aromatic rings. The van der Waals surface area contributed by atoms with Crippen molar-refractivity contribution < 1.29 is 0 Å². The third-order valence-electron chi connectivity index (χ3n) is 5.94. The molecule has 0 spiro atoms. The van der Waals surface area contributed by atoms with Gasteiger partial charge in [-0.1, -0.05) is 56.3 Å². The number of hydrogen-bond donors (Lipinski definition) is 0. The Balaban J connectivity index is 1.85. The van der Waals surface area contributed by atoms with Gasteiger partial charge in [0.25, 0.3) is 0 Å². The maximum absolute atomic E-state index is 9.50. The quantitative estimate of drug-likeness (QED) is 0.493. The minimum absolute atomic E-state index is 0.406. The maximum atomic E-state index is 9.50. The van der Waals surface area contributed by atoms with Gasteiger partial charge < -0.3 is 4.57 Å². The van der Waals surface area contributed by atoms with Crippen LogP contribution < -0.4 is 0 Å². The summed E-state index contributed by atoms with van der Waals surface area (Å²) in [5.41, 5.74) is 5.84. The highest BCUT2D eigenvalue weighted by atomic mass is 15.2. The lowest BCUT2D eigenvalue weighted by Gasteiger charge is -2.32. The minimum atomic E-state index is 0.406. The average molecular weight is 386 g/mol. The van der Waals surface area contributed by atoms with Crippen molar-refractivity contribution in [2.75, 3.05) is 0 Å². The molecular formula is C26H31N3. The molecule has 29 heavy (non-hydrogen) atoms. The van der Waals surface area contributed by atoms with Crippen LogP contribution in [0.15, 0.2) is 66.9 Å². The Morgan fingerprint density at radius 2 is 1.59 bits per heavy atom. The first-order valence-electron chi connectivity index (χ1n) is 10.4. The summed E-state index contributed by atoms with van der Waals surface area (Å²) in [7, 11) is 0. The van der Waals surface area contributed by atoms with E-state index in [9.17, 15) is 5.26 Å². The van der Waals surface area contributed by atoms with E-state index in [1.54, 1.807) is 0 Å². The molecule has 0 radical (unpaired) electrons. The molecule has 0 unspecified atom stereocenters. The Kier molecular flexibility index (Phi) is 6.90. The lowest BCUT2D eigenvalue weighted by atomic mass is 10.0. The molecule has 0 aliphatic rings. The van der Waals surface area contributed by atoms with Crippen molar-refractivity contribution >= 4 is 0 Å². The molecule has 150 valence electrons. The zero-order chi connectivity index (χ0) is 20.8. The van der Waals surface area contributed by atoms with Crippen molar-refractivity contribution in [1.82, 2.24) is 9.47 Å². The summed E-state index contributed by atoms with van der Waals surface area (Å²) in [6, 6.07) is 23.6. The fourth-order valence-electron chi connectivity index (χ4n) is 3.68. The van der Waals surface area contributed by atoms with Gasteiger partial charge in [0.05, 0.1) is 11.6 Å². The molecule has 1 aromatic heterocycles. The molecule has 1 atom stereocenters. The summed E-state index contributed by atoms with van der Waals surface area (Å²) >= 11 is 0. The lowest BCUT2D eigenvalue weighted by Crippen LogP contribution is -2.36. The topological polar surface area (TPSA) is 32.0 Å². The Bertz CT molecular complexity index is 977. The van der Waals surface area contributed by atoms with Crippen LogP contribution in [0.2, 0.25) is 0 Å². The lowest BCUT2D eigenvalue weighted by molar-refractivity contribution is 0.148. The van der Waals surface area contributed by atoms with Crippen LogP contribution in [-0.4, -0.2) is 15.5 Å². The Labute approximate surface area is 175 Å². The average Bonchev–Trinajstić information content (AvgIpc) is 3.15. The largest absolute Gasteiger partial charge is 0.346 e. The van der Waals surface area contributed by atoms with Gasteiger partial charge in [0.15, 0.2) is 0 Å². The van der Waals surface area contributed by atoms with E-state index in [1.165, 1.54) is 16.8 Å². The van der Waals surface area contributed by atoms with Crippen LogP contribution in [0.4, 0.5) is 0 Å². The van der Waals surface area contributed by atoms with Gasteiger partial charge >= 0.3 is 0 Å². The van der Waals surface area contributed by atoms with Gasteiger partial charge in [0.2, 0.25) is 0 Å². The number of aryl methyl sites for hydroxylation is 1. The zero-order valence-corrected chi connectivity index (χ0v) is 18.0. The van der Waals surface area contributed by atoms with Crippen LogP contribution in [0.25, 0.3) is 0 Å². The number of aromatic nitrogens is 1. The SMILES string of the molecule is Cc1ccccc1Cn1cccc1CN(Cc1ccccc1C#N)[C@H](C)C(C)C. The van der Waals surface area contributed by atoms with E-state index in [1.807, 2.05) is 18.2 Å². The molecule has 3 nitrogen and oxygen atoms in total. The van der Waals surface area contributed by atoms with Crippen LogP contribution in [-0.2, 0) is 19.6 Å². The third kappa shape index (κ3) is 5.16. The zero-order valence-electron chi connectivity index (χ0n) is 18.0. The summed E-state index contributed by atoms with van der Waals surface area (Å²) in [6.07, 6.45) is 2.17. The van der Waals surface area contributed by atoms with Crippen molar-refractivity contribution in [1.29, 1.82) is 5.26 Å². The summed E-state index contributed by atoms with van der Waals surface area (Å²) in [6.45, 7) is 11.5. The maximum Gasteiger partial charge on any atom is 0.0995 e. The number of rotatable bonds is 8. The summed E-state index contributed by atoms with van der Waals surface area (Å²) in [5, 5.41) is 9.50. The van der Waals surface area contributed by atoms with Gasteiger partial charge in [0, 0.05) is 37.6 Å². The Morgan fingerprint density at radius 1 is 0.897 bits per heavy atom. The molecule has 0 bridgehead atoms. The van der Waals surface area contributed by atoms with E-state index in [0.717, 1.165) is 30.8 Å². The second kappa shape index (κ2) is 9.58. The molecule has 0 fully saturated rings. The van der Waals surface area contributed by atoms with Crippen LogP contribution in [0.5, 0.6) is 0 Å². The molecule has 1 heterocycles. The number of nitrogens with zero attached hydrogens (tertiary/aromatic N) is 3. The van der Waals surface area contributed by atoms with Crippen molar-refractivity contribution in [3.05, 3.63) is 94.8 Å². The molecule has 0 saturated heterocycles. The molecule has 0 aliphatic carbocycles. The highest BCUT2D eigenvalue weighted by Crippen LogP contribution is 2.21. The highest BCUT2D eigenvalue weighted by molar-refractivity contribution is 5.37. The van der Waals surface area contributed by atoms with Gasteiger partial charge in [-0.05, 0) is 54.7 Å². The molecule has 2 aromatic carbocycles. The van der Waals surface area contributed by atoms with Gasteiger partial charge in [-0.15, -0.1) is 0 Å². The van der Waals surface area contributed by atoms with E-state index in [2.05, 4.69) is 91.9 Å². The molecule has 3 heteroatoms. The predicted octanol–water partition coefficient (Wildman–Crippen LogP) is 5.76. The van der Waals surface area contributed by atoms with Crippen LogP contribution in [0.1, 0.15) is 48.7 Å². The van der Waals surface area contributed by atoms with Crippen LogP contribution in [0, 0.1) is 24.2 Å². The van der Waals surface area contributed by atoms with Crippen LogP contribution >= 0.6 is 0 Å². The summed E-state index contributed by atoms with van der Waals surface area (Å²) < 4.78 is 2.35. The molecule has 0 amide bonds. The molecule has 0 saturated carbocycles. The fraction of sp³-hybridized carbons (Fsp3) is 0.346. The van der Waals surface area contributed by atoms with Crippen molar-refractivity contribution in [2.45, 2.75) is 53.4 Å². The van der Waals surface area contributed by atoms with E-state index in [-0.39, 0.29) is 0 Å². The normalized spacial score (nSPS) is 12.3. The number of nitriles is 1. The predicted molar refractivity (Wildman–Crippen MR) is 119 cm³/mol. The van der Waals surface area contributed by atoms with Crippen molar-refractivity contribution in [3.63, 3.8) is 0 Å². The van der Waals surface area contributed by atoms with E-state index in [4.69, 9.17) is 0 Å². The first-order valence-corrected chi connectivity index (χ1v) is 10.4. The third-order valence-corrected chi connectivity index (χ3v) is 5.94. The monoisotopic (exact) mass is 385 g/mol. The number of hydrogen-bond acceptors (Lipinski definition) is 2. The van der Waals surface area contributed by atoms with Gasteiger partial charge in [-0.2, -0.15) is 5.26 Å². The molecular weight excluding hydrogens is 354 g/mol. The summed E-state index contributed by atoms with van der Waals surface area (Å²) in [4.78, 5) is 2.49. The van der Waals surface area contributed by atoms with E-state index >= 15 is 0 Å². The van der Waals surface area contributed by atoms with Crippen molar-refractivity contribution in [3.8, 4) is 6.07 Å². The second-order valence-electron chi connectivity index (χ2n) is 8.21. The van der Waals surface area contributed by atoms with E-state index < -0.39 is 0 Å². The molecule has 3 rings (SSSR count). The summed E-state index contributed by atoms with van der Waals surface area (Å²) in [5.74, 6) is 0.532. The van der Waals surface area contributed by atoms with Gasteiger partial charge in [0.1, 0.15) is 0 Å². The smallest absolute Gasteiger partial charge is 0.0995 e. The van der Waals surface area contributed by atoms with Crippen molar-refractivity contribution in [2.24, 2.45) is 5.92 Å². The van der Waals surface area contributed by atoms with Gasteiger partial charge in [-0.25, -0.2) is 0 Å². The number of benzene rings is 2. The standard InChI is InChI=1S/C26H31N3/c1-20(2)22(4)29(18-25-13-8-7-11-23(25)16-27)19-26-14-9-15-28(26)17-24-12-6-5-10-21(24)3/h5-15,20,22H,17-19H2,1-4H3/t22-/m1/s1. The van der Waals surface area contributed by atoms with Crippen LogP contribution in [0.3, 0.4) is 0 Å². The highest BCUT2D eigenvalue weighted by Gasteiger charge is 2.20. The molecule has 0 aliphatic heterocycles. The Morgan fingerprint density at radius 3 is 2.28 bits per heavy atom. The fourth-order valence-corrected chi connectivity index (χ4v) is 3.68. The molecule has 0 N–H and O–H groups in total. The minimum Gasteiger partial charge on any atom is -0.346 e. The second-order valence-corrected chi connectivity index (χ2v) is 8.21. The first-order chi connectivity index (χ1) is 14.0. The Hall–Kier alpha value is -2.83. The first kappa shape index (κ1) is 20.9. The van der Waals surface area contributed by atoms with E-state index in [0.29, 0.717) is 12.0 Å². The van der Waals surface area contributed by atoms with Gasteiger partial charge in [-0.3, -0.25) is 4.90 Å².